The summed E-state index contributed by atoms with van der Waals surface area (Å²) in [6.45, 7) is 1.02. The maximum absolute atomic E-state index is 11.8. The lowest BCUT2D eigenvalue weighted by molar-refractivity contribution is -0.261. The van der Waals surface area contributed by atoms with Crippen molar-refractivity contribution in [2.75, 3.05) is 20.6 Å². The minimum Gasteiger partial charge on any atom is -0.865 e. The van der Waals surface area contributed by atoms with Gasteiger partial charge < -0.3 is 10.0 Å². The zero-order valence-corrected chi connectivity index (χ0v) is 13.9. The molecule has 21 heavy (non-hydrogen) atoms. The molecular formula is C17H18NOS2-. The van der Waals surface area contributed by atoms with Crippen molar-refractivity contribution in [3.05, 3.63) is 53.1 Å². The second kappa shape index (κ2) is 6.26. The van der Waals surface area contributed by atoms with Crippen LogP contribution in [0, 0.1) is 0 Å². The van der Waals surface area contributed by atoms with E-state index in [0.29, 0.717) is 0 Å². The molecule has 4 heteroatoms. The Kier molecular flexibility index (Phi) is 4.38. The average molecular weight is 316 g/mol. The molecule has 1 aliphatic rings. The lowest BCUT2D eigenvalue weighted by Crippen LogP contribution is -2.12. The fourth-order valence-electron chi connectivity index (χ4n) is 2.53. The Bertz CT molecular complexity index is 673. The van der Waals surface area contributed by atoms with Gasteiger partial charge in [-0.3, -0.25) is 0 Å². The Labute approximate surface area is 134 Å². The van der Waals surface area contributed by atoms with E-state index in [4.69, 9.17) is 0 Å². The smallest absolute Gasteiger partial charge is 0.0673 e. The summed E-state index contributed by atoms with van der Waals surface area (Å²) in [6.07, 6.45) is 3.28. The molecule has 2 heterocycles. The molecule has 0 saturated heterocycles. The largest absolute Gasteiger partial charge is 0.865 e. The van der Waals surface area contributed by atoms with Gasteiger partial charge in [-0.1, -0.05) is 41.5 Å². The molecule has 0 fully saturated rings. The number of rotatable bonds is 3. The molecule has 0 spiro atoms. The first-order chi connectivity index (χ1) is 10.1. The van der Waals surface area contributed by atoms with Gasteiger partial charge in [-0.15, -0.1) is 23.1 Å². The Morgan fingerprint density at radius 1 is 1.24 bits per heavy atom. The van der Waals surface area contributed by atoms with Gasteiger partial charge in [0.1, 0.15) is 0 Å². The molecule has 0 radical (unpaired) electrons. The van der Waals surface area contributed by atoms with Crippen LogP contribution in [-0.4, -0.2) is 25.5 Å². The number of nitrogens with zero attached hydrogens (tertiary/aromatic N) is 1. The molecular weight excluding hydrogens is 298 g/mol. The third-order valence-electron chi connectivity index (χ3n) is 3.56. The van der Waals surface area contributed by atoms with Crippen molar-refractivity contribution >= 4 is 28.7 Å². The van der Waals surface area contributed by atoms with Gasteiger partial charge in [-0.2, -0.15) is 0 Å². The Hall–Kier alpha value is -1.23. The number of benzene rings is 1. The van der Waals surface area contributed by atoms with Crippen LogP contribution in [0.15, 0.2) is 40.6 Å². The molecule has 110 valence electrons. The average Bonchev–Trinajstić information content (AvgIpc) is 2.76. The highest BCUT2D eigenvalue weighted by Crippen LogP contribution is 2.45. The van der Waals surface area contributed by atoms with E-state index in [1.54, 1.807) is 17.8 Å². The highest BCUT2D eigenvalue weighted by Gasteiger charge is 2.19. The third kappa shape index (κ3) is 3.18. The van der Waals surface area contributed by atoms with Gasteiger partial charge in [0, 0.05) is 17.9 Å². The van der Waals surface area contributed by atoms with Crippen molar-refractivity contribution in [3.63, 3.8) is 0 Å². The topological polar surface area (TPSA) is 26.3 Å². The Balaban J connectivity index is 2.06. The van der Waals surface area contributed by atoms with Gasteiger partial charge in [0.15, 0.2) is 0 Å². The fraction of sp³-hybridized carbons (Fsp3) is 0.294. The summed E-state index contributed by atoms with van der Waals surface area (Å²) in [5.41, 5.74) is 4.99. The van der Waals surface area contributed by atoms with E-state index in [9.17, 15) is 5.11 Å². The SMILES string of the molecule is CN(C)CCC=C1c2ccccc2CSc2sc([O-])cc21. The molecule has 0 aliphatic carbocycles. The summed E-state index contributed by atoms with van der Waals surface area (Å²) in [4.78, 5) is 2.18. The van der Waals surface area contributed by atoms with Crippen LogP contribution in [0.4, 0.5) is 0 Å². The van der Waals surface area contributed by atoms with Crippen LogP contribution in [0.3, 0.4) is 0 Å². The number of hydrogen-bond donors (Lipinski definition) is 0. The number of thioether (sulfide) groups is 1. The van der Waals surface area contributed by atoms with Gasteiger partial charge in [0.2, 0.25) is 0 Å². The van der Waals surface area contributed by atoms with Crippen molar-refractivity contribution in [2.24, 2.45) is 0 Å². The van der Waals surface area contributed by atoms with Crippen molar-refractivity contribution in [3.8, 4) is 5.06 Å². The van der Waals surface area contributed by atoms with Crippen LogP contribution in [-0.2, 0) is 5.75 Å². The molecule has 0 saturated carbocycles. The first kappa shape index (κ1) is 14.7. The van der Waals surface area contributed by atoms with Gasteiger partial charge in [-0.05, 0) is 37.2 Å². The number of hydrogen-bond acceptors (Lipinski definition) is 4. The summed E-state index contributed by atoms with van der Waals surface area (Å²) in [6, 6.07) is 10.3. The van der Waals surface area contributed by atoms with Gasteiger partial charge >= 0.3 is 0 Å². The van der Waals surface area contributed by atoms with Gasteiger partial charge in [0.05, 0.1) is 4.21 Å². The zero-order valence-electron chi connectivity index (χ0n) is 12.3. The van der Waals surface area contributed by atoms with E-state index in [2.05, 4.69) is 49.3 Å². The van der Waals surface area contributed by atoms with Crippen molar-refractivity contribution in [2.45, 2.75) is 16.4 Å². The second-order valence-corrected chi connectivity index (χ2v) is 7.68. The molecule has 0 amide bonds. The predicted octanol–water partition coefficient (Wildman–Crippen LogP) is 3.81. The first-order valence-electron chi connectivity index (χ1n) is 7.02. The molecule has 3 rings (SSSR count). The summed E-state index contributed by atoms with van der Waals surface area (Å²) in [7, 11) is 4.17. The molecule has 1 aromatic heterocycles. The maximum atomic E-state index is 11.8. The third-order valence-corrected chi connectivity index (χ3v) is 5.82. The molecule has 2 aromatic rings. The second-order valence-electron chi connectivity index (χ2n) is 5.42. The van der Waals surface area contributed by atoms with Crippen molar-refractivity contribution < 1.29 is 5.11 Å². The minimum atomic E-state index is 0.158. The van der Waals surface area contributed by atoms with E-state index in [1.807, 2.05) is 0 Å². The number of fused-ring (bicyclic) bond motifs is 2. The first-order valence-corrected chi connectivity index (χ1v) is 8.82. The summed E-state index contributed by atoms with van der Waals surface area (Å²) < 4.78 is 1.16. The lowest BCUT2D eigenvalue weighted by atomic mass is 9.95. The van der Waals surface area contributed by atoms with E-state index < -0.39 is 0 Å². The predicted molar refractivity (Wildman–Crippen MR) is 90.0 cm³/mol. The monoisotopic (exact) mass is 316 g/mol. The quantitative estimate of drug-likeness (QED) is 0.861. The number of thiophene rings is 1. The van der Waals surface area contributed by atoms with E-state index in [1.165, 1.54) is 28.0 Å². The van der Waals surface area contributed by atoms with Crippen LogP contribution >= 0.6 is 23.1 Å². The van der Waals surface area contributed by atoms with Crippen LogP contribution < -0.4 is 5.11 Å². The lowest BCUT2D eigenvalue weighted by Gasteiger charge is -2.11. The normalized spacial score (nSPS) is 15.9. The highest BCUT2D eigenvalue weighted by molar-refractivity contribution is 8.00. The van der Waals surface area contributed by atoms with Gasteiger partial charge in [0.25, 0.3) is 0 Å². The summed E-state index contributed by atoms with van der Waals surface area (Å²) in [5, 5.41) is 11.9. The maximum Gasteiger partial charge on any atom is 0.0673 e. The molecule has 2 nitrogen and oxygen atoms in total. The molecule has 0 unspecified atom stereocenters. The van der Waals surface area contributed by atoms with Crippen molar-refractivity contribution in [1.29, 1.82) is 0 Å². The van der Waals surface area contributed by atoms with E-state index >= 15 is 0 Å². The zero-order chi connectivity index (χ0) is 14.8. The summed E-state index contributed by atoms with van der Waals surface area (Å²) >= 11 is 3.16. The molecule has 1 aromatic carbocycles. The van der Waals surface area contributed by atoms with Crippen molar-refractivity contribution in [1.82, 2.24) is 4.90 Å². The van der Waals surface area contributed by atoms with E-state index in [-0.39, 0.29) is 5.06 Å². The van der Waals surface area contributed by atoms with Crippen LogP contribution in [0.1, 0.15) is 23.1 Å². The molecule has 0 N–H and O–H groups in total. The molecule has 0 bridgehead atoms. The van der Waals surface area contributed by atoms with Crippen LogP contribution in [0.2, 0.25) is 0 Å². The highest BCUT2D eigenvalue weighted by atomic mass is 32.2. The Morgan fingerprint density at radius 3 is 2.86 bits per heavy atom. The summed E-state index contributed by atoms with van der Waals surface area (Å²) in [5.74, 6) is 0.939. The minimum absolute atomic E-state index is 0.158. The van der Waals surface area contributed by atoms with Gasteiger partial charge in [-0.25, -0.2) is 0 Å². The van der Waals surface area contributed by atoms with Crippen LogP contribution in [0.25, 0.3) is 5.57 Å². The molecule has 0 atom stereocenters. The fourth-order valence-corrected chi connectivity index (χ4v) is 4.69. The Morgan fingerprint density at radius 2 is 2.05 bits per heavy atom. The van der Waals surface area contributed by atoms with E-state index in [0.717, 1.165) is 28.5 Å². The standard InChI is InChI=1S/C17H19NOS2/c1-18(2)9-5-8-14-13-7-4-3-6-12(13)11-20-17-15(14)10-16(19)21-17/h3-4,6-8,10,19H,5,9,11H2,1-2H3/p-1. The molecule has 1 aliphatic heterocycles. The van der Waals surface area contributed by atoms with Crippen LogP contribution in [0.5, 0.6) is 5.06 Å².